The minimum Gasteiger partial charge on any atom is -0.192 e. The van der Waals surface area contributed by atoms with Crippen molar-refractivity contribution >= 4 is 27.6 Å². The van der Waals surface area contributed by atoms with Crippen LogP contribution in [0.2, 0.25) is 0 Å². The normalized spacial score (nSPS) is 10.9. The molecular formula is C15H10BrN. The summed E-state index contributed by atoms with van der Waals surface area (Å²) in [6, 6.07) is 19.8. The first-order chi connectivity index (χ1) is 8.29. The average Bonchev–Trinajstić information content (AvgIpc) is 2.37. The third-order valence-electron chi connectivity index (χ3n) is 2.36. The summed E-state index contributed by atoms with van der Waals surface area (Å²) in [5.74, 6) is 0. The van der Waals surface area contributed by atoms with Crippen molar-refractivity contribution in [2.45, 2.75) is 0 Å². The fourth-order valence-electron chi connectivity index (χ4n) is 1.56. The summed E-state index contributed by atoms with van der Waals surface area (Å²) in [4.78, 5) is 0. The standard InChI is InChI=1S/C15H10BrN/c16-15-8-4-5-12(10-15)9-14(11-17)13-6-2-1-3-7-13/h1-10H. The van der Waals surface area contributed by atoms with Gasteiger partial charge in [0.2, 0.25) is 0 Å². The van der Waals surface area contributed by atoms with Crippen molar-refractivity contribution in [2.75, 3.05) is 0 Å². The van der Waals surface area contributed by atoms with Gasteiger partial charge in [0.05, 0.1) is 11.6 Å². The van der Waals surface area contributed by atoms with Crippen molar-refractivity contribution in [3.05, 3.63) is 70.2 Å². The first kappa shape index (κ1) is 11.6. The molecule has 2 rings (SSSR count). The van der Waals surface area contributed by atoms with Crippen LogP contribution in [0.4, 0.5) is 0 Å². The van der Waals surface area contributed by atoms with Gasteiger partial charge in [-0.15, -0.1) is 0 Å². The Labute approximate surface area is 109 Å². The maximum absolute atomic E-state index is 9.18. The van der Waals surface area contributed by atoms with Gasteiger partial charge in [0.1, 0.15) is 0 Å². The highest BCUT2D eigenvalue weighted by atomic mass is 79.9. The van der Waals surface area contributed by atoms with E-state index in [0.717, 1.165) is 15.6 Å². The van der Waals surface area contributed by atoms with Crippen LogP contribution in [0.25, 0.3) is 11.6 Å². The molecule has 0 heterocycles. The summed E-state index contributed by atoms with van der Waals surface area (Å²) in [6.07, 6.45) is 1.89. The molecule has 1 nitrogen and oxygen atoms in total. The number of benzene rings is 2. The second-order valence-corrected chi connectivity index (χ2v) is 4.51. The van der Waals surface area contributed by atoms with Gasteiger partial charge in [0.15, 0.2) is 0 Å². The predicted octanol–water partition coefficient (Wildman–Crippen LogP) is 4.51. The van der Waals surface area contributed by atoms with Gasteiger partial charge in [0.25, 0.3) is 0 Å². The summed E-state index contributed by atoms with van der Waals surface area (Å²) >= 11 is 3.42. The molecule has 0 amide bonds. The molecule has 17 heavy (non-hydrogen) atoms. The van der Waals surface area contributed by atoms with Gasteiger partial charge in [0, 0.05) is 4.47 Å². The maximum Gasteiger partial charge on any atom is 0.0998 e. The lowest BCUT2D eigenvalue weighted by Crippen LogP contribution is -1.81. The number of rotatable bonds is 2. The summed E-state index contributed by atoms with van der Waals surface area (Å²) < 4.78 is 1.01. The molecule has 0 unspecified atom stereocenters. The van der Waals surface area contributed by atoms with E-state index in [4.69, 9.17) is 0 Å². The summed E-state index contributed by atoms with van der Waals surface area (Å²) in [6.45, 7) is 0. The van der Waals surface area contributed by atoms with Crippen LogP contribution in [0.1, 0.15) is 11.1 Å². The molecule has 2 aromatic rings. The lowest BCUT2D eigenvalue weighted by molar-refractivity contribution is 1.52. The molecule has 0 spiro atoms. The monoisotopic (exact) mass is 283 g/mol. The molecule has 82 valence electrons. The summed E-state index contributed by atoms with van der Waals surface area (Å²) in [7, 11) is 0. The highest BCUT2D eigenvalue weighted by molar-refractivity contribution is 9.10. The number of nitrogens with zero attached hydrogens (tertiary/aromatic N) is 1. The maximum atomic E-state index is 9.18. The second-order valence-electron chi connectivity index (χ2n) is 3.59. The van der Waals surface area contributed by atoms with Gasteiger partial charge in [-0.1, -0.05) is 58.4 Å². The van der Waals surface area contributed by atoms with Crippen molar-refractivity contribution in [2.24, 2.45) is 0 Å². The second kappa shape index (κ2) is 5.47. The Hall–Kier alpha value is -1.85. The number of hydrogen-bond acceptors (Lipinski definition) is 1. The smallest absolute Gasteiger partial charge is 0.0998 e. The zero-order valence-corrected chi connectivity index (χ0v) is 10.7. The molecule has 0 N–H and O–H groups in total. The van der Waals surface area contributed by atoms with Crippen LogP contribution >= 0.6 is 15.9 Å². The Balaban J connectivity index is 2.41. The highest BCUT2D eigenvalue weighted by Gasteiger charge is 1.99. The SMILES string of the molecule is N#CC(=Cc1cccc(Br)c1)c1ccccc1. The quantitative estimate of drug-likeness (QED) is 0.588. The van der Waals surface area contributed by atoms with Gasteiger partial charge < -0.3 is 0 Å². The van der Waals surface area contributed by atoms with E-state index in [-0.39, 0.29) is 0 Å². The summed E-state index contributed by atoms with van der Waals surface area (Å²) in [5.41, 5.74) is 2.62. The Morgan fingerprint density at radius 2 is 1.82 bits per heavy atom. The van der Waals surface area contributed by atoms with Crippen LogP contribution in [0, 0.1) is 11.3 Å². The Kier molecular flexibility index (Phi) is 3.74. The van der Waals surface area contributed by atoms with Crippen LogP contribution in [0.3, 0.4) is 0 Å². The average molecular weight is 284 g/mol. The number of allylic oxidation sites excluding steroid dienone is 1. The van der Waals surface area contributed by atoms with Gasteiger partial charge in [-0.2, -0.15) is 5.26 Å². The van der Waals surface area contributed by atoms with Crippen LogP contribution in [0.15, 0.2) is 59.1 Å². The topological polar surface area (TPSA) is 23.8 Å². The van der Waals surface area contributed by atoms with Crippen molar-refractivity contribution < 1.29 is 0 Å². The van der Waals surface area contributed by atoms with Crippen molar-refractivity contribution in [1.82, 2.24) is 0 Å². The van der Waals surface area contributed by atoms with E-state index in [1.165, 1.54) is 0 Å². The zero-order valence-electron chi connectivity index (χ0n) is 9.10. The molecule has 0 saturated carbocycles. The molecule has 0 atom stereocenters. The molecule has 0 aliphatic rings. The predicted molar refractivity (Wildman–Crippen MR) is 74.1 cm³/mol. The van der Waals surface area contributed by atoms with Gasteiger partial charge in [-0.25, -0.2) is 0 Å². The Morgan fingerprint density at radius 1 is 1.06 bits per heavy atom. The van der Waals surface area contributed by atoms with Gasteiger partial charge >= 0.3 is 0 Å². The molecule has 0 aliphatic carbocycles. The third kappa shape index (κ3) is 3.05. The van der Waals surface area contributed by atoms with Crippen LogP contribution < -0.4 is 0 Å². The van der Waals surface area contributed by atoms with Crippen molar-refractivity contribution in [3.63, 3.8) is 0 Å². The molecule has 0 radical (unpaired) electrons. The minimum absolute atomic E-state index is 0.670. The molecule has 2 heteroatoms. The van der Waals surface area contributed by atoms with Crippen molar-refractivity contribution in [3.8, 4) is 6.07 Å². The molecule has 0 bridgehead atoms. The van der Waals surface area contributed by atoms with E-state index >= 15 is 0 Å². The first-order valence-corrected chi connectivity index (χ1v) is 6.01. The van der Waals surface area contributed by atoms with Crippen LogP contribution in [-0.2, 0) is 0 Å². The zero-order chi connectivity index (χ0) is 12.1. The van der Waals surface area contributed by atoms with Crippen molar-refractivity contribution in [1.29, 1.82) is 5.26 Å². The Morgan fingerprint density at radius 3 is 2.47 bits per heavy atom. The summed E-state index contributed by atoms with van der Waals surface area (Å²) in [5, 5.41) is 9.18. The fourth-order valence-corrected chi connectivity index (χ4v) is 1.98. The van der Waals surface area contributed by atoms with Gasteiger partial charge in [-0.3, -0.25) is 0 Å². The lowest BCUT2D eigenvalue weighted by atomic mass is 10.0. The van der Waals surface area contributed by atoms with E-state index in [9.17, 15) is 5.26 Å². The Bertz CT molecular complexity index is 579. The largest absolute Gasteiger partial charge is 0.192 e. The van der Waals surface area contributed by atoms with E-state index in [2.05, 4.69) is 22.0 Å². The molecule has 0 saturated heterocycles. The molecule has 0 aliphatic heterocycles. The van der Waals surface area contributed by atoms with Crippen LogP contribution in [0.5, 0.6) is 0 Å². The molecule has 2 aromatic carbocycles. The van der Waals surface area contributed by atoms with E-state index < -0.39 is 0 Å². The number of hydrogen-bond donors (Lipinski definition) is 0. The van der Waals surface area contributed by atoms with Gasteiger partial charge in [-0.05, 0) is 29.3 Å². The van der Waals surface area contributed by atoms with E-state index in [1.54, 1.807) is 0 Å². The number of nitriles is 1. The molecule has 0 aromatic heterocycles. The lowest BCUT2D eigenvalue weighted by Gasteiger charge is -1.99. The molecular weight excluding hydrogens is 274 g/mol. The van der Waals surface area contributed by atoms with E-state index in [0.29, 0.717) is 5.57 Å². The highest BCUT2D eigenvalue weighted by Crippen LogP contribution is 2.19. The van der Waals surface area contributed by atoms with Crippen LogP contribution in [-0.4, -0.2) is 0 Å². The number of halogens is 1. The minimum atomic E-state index is 0.670. The molecule has 0 fully saturated rings. The first-order valence-electron chi connectivity index (χ1n) is 5.22. The third-order valence-corrected chi connectivity index (χ3v) is 2.86. The fraction of sp³-hybridized carbons (Fsp3) is 0. The van der Waals surface area contributed by atoms with E-state index in [1.807, 2.05) is 60.7 Å².